The zero-order valence-corrected chi connectivity index (χ0v) is 14.4. The van der Waals surface area contributed by atoms with Crippen LogP contribution in [0.5, 0.6) is 11.5 Å². The zero-order valence-electron chi connectivity index (χ0n) is 12.8. The van der Waals surface area contributed by atoms with Crippen LogP contribution in [0.3, 0.4) is 0 Å². The van der Waals surface area contributed by atoms with Crippen molar-refractivity contribution < 1.29 is 17.9 Å². The van der Waals surface area contributed by atoms with Crippen LogP contribution in [0.4, 0.5) is 5.82 Å². The number of fused-ring (bicyclic) bond motifs is 1. The van der Waals surface area contributed by atoms with Crippen molar-refractivity contribution in [1.82, 2.24) is 13.1 Å². The summed E-state index contributed by atoms with van der Waals surface area (Å²) in [6, 6.07) is 4.76. The van der Waals surface area contributed by atoms with Crippen molar-refractivity contribution in [2.24, 2.45) is 0 Å². The Morgan fingerprint density at radius 3 is 2.50 bits per heavy atom. The van der Waals surface area contributed by atoms with E-state index in [4.69, 9.17) is 9.47 Å². The number of piperazine rings is 1. The summed E-state index contributed by atoms with van der Waals surface area (Å²) in [4.78, 5) is 2.27. The van der Waals surface area contributed by atoms with Gasteiger partial charge in [-0.3, -0.25) is 0 Å². The summed E-state index contributed by atoms with van der Waals surface area (Å²) >= 11 is 1.15. The Bertz CT molecular complexity index is 817. The Hall–Kier alpha value is -1.91. The van der Waals surface area contributed by atoms with E-state index in [2.05, 4.69) is 8.75 Å². The molecule has 1 saturated heterocycles. The van der Waals surface area contributed by atoms with E-state index >= 15 is 0 Å². The maximum absolute atomic E-state index is 12.9. The fraction of sp³-hybridized carbons (Fsp3) is 0.429. The second-order valence-electron chi connectivity index (χ2n) is 5.46. The van der Waals surface area contributed by atoms with E-state index in [9.17, 15) is 8.42 Å². The second-order valence-corrected chi connectivity index (χ2v) is 7.96. The molecule has 24 heavy (non-hydrogen) atoms. The predicted octanol–water partition coefficient (Wildman–Crippen LogP) is 0.820. The van der Waals surface area contributed by atoms with Gasteiger partial charge in [0, 0.05) is 32.2 Å². The molecule has 1 aromatic carbocycles. The normalized spacial score (nSPS) is 18.6. The molecule has 0 atom stereocenters. The molecule has 0 N–H and O–H groups in total. The number of hydrogen-bond acceptors (Lipinski definition) is 8. The molecule has 2 aliphatic heterocycles. The lowest BCUT2D eigenvalue weighted by molar-refractivity contribution is 0.171. The lowest BCUT2D eigenvalue weighted by Crippen LogP contribution is -2.48. The molecule has 0 bridgehead atoms. The average molecular weight is 368 g/mol. The van der Waals surface area contributed by atoms with Gasteiger partial charge in [-0.1, -0.05) is 0 Å². The number of anilines is 1. The van der Waals surface area contributed by atoms with E-state index in [1.807, 2.05) is 4.90 Å². The van der Waals surface area contributed by atoms with Crippen LogP contribution in [-0.2, 0) is 10.0 Å². The Kier molecular flexibility index (Phi) is 4.02. The first-order valence-electron chi connectivity index (χ1n) is 7.57. The highest BCUT2D eigenvalue weighted by Gasteiger charge is 2.30. The Morgan fingerprint density at radius 1 is 1.04 bits per heavy atom. The summed E-state index contributed by atoms with van der Waals surface area (Å²) in [5.41, 5.74) is 0. The van der Waals surface area contributed by atoms with Crippen LogP contribution >= 0.6 is 11.7 Å². The summed E-state index contributed by atoms with van der Waals surface area (Å²) in [5, 5.41) is 0. The first-order chi connectivity index (χ1) is 11.6. The van der Waals surface area contributed by atoms with Crippen molar-refractivity contribution in [2.45, 2.75) is 4.90 Å². The number of hydrogen-bond donors (Lipinski definition) is 0. The van der Waals surface area contributed by atoms with Crippen molar-refractivity contribution in [3.63, 3.8) is 0 Å². The fourth-order valence-electron chi connectivity index (χ4n) is 2.79. The molecule has 1 aromatic heterocycles. The molecule has 3 heterocycles. The minimum Gasteiger partial charge on any atom is -0.486 e. The first-order valence-corrected chi connectivity index (χ1v) is 9.74. The lowest BCUT2D eigenvalue weighted by atomic mass is 10.3. The molecular formula is C14H16N4O4S2. The van der Waals surface area contributed by atoms with Gasteiger partial charge in [0.15, 0.2) is 17.3 Å². The van der Waals surface area contributed by atoms with Crippen LogP contribution < -0.4 is 14.4 Å². The minimum atomic E-state index is -3.55. The fourth-order valence-corrected chi connectivity index (χ4v) is 4.66. The van der Waals surface area contributed by atoms with Gasteiger partial charge in [-0.05, 0) is 12.1 Å². The van der Waals surface area contributed by atoms with Gasteiger partial charge in [-0.15, -0.1) is 0 Å². The maximum Gasteiger partial charge on any atom is 0.243 e. The second kappa shape index (κ2) is 6.19. The maximum atomic E-state index is 12.9. The Balaban J connectivity index is 1.51. The summed E-state index contributed by atoms with van der Waals surface area (Å²) in [5.74, 6) is 1.87. The Labute approximate surface area is 144 Å². The van der Waals surface area contributed by atoms with Crippen LogP contribution in [0.15, 0.2) is 29.3 Å². The van der Waals surface area contributed by atoms with E-state index in [0.717, 1.165) is 17.5 Å². The molecule has 0 unspecified atom stereocenters. The van der Waals surface area contributed by atoms with Gasteiger partial charge in [0.2, 0.25) is 10.0 Å². The molecule has 128 valence electrons. The molecule has 0 spiro atoms. The molecule has 10 heteroatoms. The van der Waals surface area contributed by atoms with Crippen LogP contribution in [0.1, 0.15) is 0 Å². The van der Waals surface area contributed by atoms with Crippen LogP contribution in [0.2, 0.25) is 0 Å². The molecule has 4 rings (SSSR count). The number of nitrogens with zero attached hydrogens (tertiary/aromatic N) is 4. The van der Waals surface area contributed by atoms with E-state index in [1.54, 1.807) is 24.4 Å². The summed E-state index contributed by atoms with van der Waals surface area (Å²) < 4.78 is 46.3. The smallest absolute Gasteiger partial charge is 0.243 e. The monoisotopic (exact) mass is 368 g/mol. The molecule has 8 nitrogen and oxygen atoms in total. The highest BCUT2D eigenvalue weighted by Crippen LogP contribution is 2.33. The number of rotatable bonds is 3. The molecule has 0 radical (unpaired) electrons. The van der Waals surface area contributed by atoms with E-state index in [0.29, 0.717) is 50.9 Å². The third kappa shape index (κ3) is 2.80. The topological polar surface area (TPSA) is 84.9 Å². The number of aromatic nitrogens is 2. The van der Waals surface area contributed by atoms with Crippen LogP contribution in [0, 0.1) is 0 Å². The summed E-state index contributed by atoms with van der Waals surface area (Å²) in [6.45, 7) is 2.91. The van der Waals surface area contributed by atoms with Gasteiger partial charge >= 0.3 is 0 Å². The highest BCUT2D eigenvalue weighted by molar-refractivity contribution is 7.89. The van der Waals surface area contributed by atoms with E-state index < -0.39 is 10.0 Å². The van der Waals surface area contributed by atoms with Crippen molar-refractivity contribution in [3.8, 4) is 11.5 Å². The molecule has 0 amide bonds. The minimum absolute atomic E-state index is 0.232. The van der Waals surface area contributed by atoms with Gasteiger partial charge in [-0.2, -0.15) is 13.1 Å². The molecule has 2 aliphatic rings. The van der Waals surface area contributed by atoms with Crippen LogP contribution in [0.25, 0.3) is 0 Å². The molecular weight excluding hydrogens is 352 g/mol. The first kappa shape index (κ1) is 15.6. The van der Waals surface area contributed by atoms with Crippen LogP contribution in [-0.4, -0.2) is 60.9 Å². The number of ether oxygens (including phenoxy) is 2. The van der Waals surface area contributed by atoms with E-state index in [1.165, 1.54) is 4.31 Å². The standard InChI is InChI=1S/C14H16N4O4S2/c19-24(20,11-1-2-12-13(9-11)22-8-7-21-12)18-5-3-17(4-6-18)14-10-15-23-16-14/h1-2,9-10H,3-8H2. The molecule has 1 fully saturated rings. The van der Waals surface area contributed by atoms with Crippen molar-refractivity contribution in [2.75, 3.05) is 44.3 Å². The summed E-state index contributed by atoms with van der Waals surface area (Å²) in [6.07, 6.45) is 1.70. The van der Waals surface area contributed by atoms with Crippen molar-refractivity contribution in [1.29, 1.82) is 0 Å². The van der Waals surface area contributed by atoms with Gasteiger partial charge in [0.05, 0.1) is 22.8 Å². The Morgan fingerprint density at radius 2 is 1.79 bits per heavy atom. The SMILES string of the molecule is O=S(=O)(c1ccc2c(c1)OCCO2)N1CCN(c2cnsn2)CC1. The number of sulfonamides is 1. The van der Waals surface area contributed by atoms with E-state index in [-0.39, 0.29) is 4.90 Å². The number of benzene rings is 1. The van der Waals surface area contributed by atoms with Gasteiger partial charge in [0.25, 0.3) is 0 Å². The molecule has 0 aliphatic carbocycles. The largest absolute Gasteiger partial charge is 0.486 e. The molecule has 0 saturated carbocycles. The van der Waals surface area contributed by atoms with Gasteiger partial charge in [0.1, 0.15) is 13.2 Å². The summed E-state index contributed by atoms with van der Waals surface area (Å²) in [7, 11) is -3.55. The predicted molar refractivity (Wildman–Crippen MR) is 88.3 cm³/mol. The zero-order chi connectivity index (χ0) is 16.6. The highest BCUT2D eigenvalue weighted by atomic mass is 32.2. The average Bonchev–Trinajstić information content (AvgIpc) is 3.16. The molecule has 2 aromatic rings. The van der Waals surface area contributed by atoms with Gasteiger partial charge < -0.3 is 14.4 Å². The lowest BCUT2D eigenvalue weighted by Gasteiger charge is -2.34. The van der Waals surface area contributed by atoms with Crippen molar-refractivity contribution >= 4 is 27.6 Å². The van der Waals surface area contributed by atoms with Gasteiger partial charge in [-0.25, -0.2) is 8.42 Å². The quantitative estimate of drug-likeness (QED) is 0.793. The van der Waals surface area contributed by atoms with Crippen molar-refractivity contribution in [3.05, 3.63) is 24.4 Å². The third-order valence-electron chi connectivity index (χ3n) is 4.06. The third-order valence-corrected chi connectivity index (χ3v) is 6.43.